The molecule has 0 aromatic carbocycles. The van der Waals surface area contributed by atoms with Crippen molar-refractivity contribution in [2.75, 3.05) is 13.6 Å². The number of aromatic nitrogens is 3. The molecule has 94 valence electrons. The number of likely N-dealkylation sites (N-methyl/N-ethyl adjacent to an activating group) is 1. The summed E-state index contributed by atoms with van der Waals surface area (Å²) in [6, 6.07) is 3.91. The topological polar surface area (TPSA) is 51.0 Å². The molecule has 0 bridgehead atoms. The van der Waals surface area contributed by atoms with E-state index in [-0.39, 0.29) is 5.91 Å². The highest BCUT2D eigenvalue weighted by molar-refractivity contribution is 5.90. The zero-order valence-electron chi connectivity index (χ0n) is 10.6. The molecule has 0 unspecified atom stereocenters. The molecule has 5 heteroatoms. The molecule has 18 heavy (non-hydrogen) atoms. The van der Waals surface area contributed by atoms with E-state index in [4.69, 9.17) is 0 Å². The molecule has 0 fully saturated rings. The quantitative estimate of drug-likeness (QED) is 0.810. The minimum Gasteiger partial charge on any atom is -0.339 e. The number of pyridine rings is 1. The molecule has 5 nitrogen and oxygen atoms in total. The van der Waals surface area contributed by atoms with Crippen LogP contribution in [0, 0.1) is 0 Å². The van der Waals surface area contributed by atoms with Gasteiger partial charge in [-0.1, -0.05) is 0 Å². The third kappa shape index (κ3) is 2.74. The maximum Gasteiger partial charge on any atom is 0.289 e. The van der Waals surface area contributed by atoms with E-state index >= 15 is 0 Å². The Morgan fingerprint density at radius 1 is 1.33 bits per heavy atom. The van der Waals surface area contributed by atoms with Crippen LogP contribution >= 0.6 is 0 Å². The lowest BCUT2D eigenvalue weighted by Crippen LogP contribution is -2.30. The van der Waals surface area contributed by atoms with Gasteiger partial charge in [0, 0.05) is 45.4 Å². The summed E-state index contributed by atoms with van der Waals surface area (Å²) in [6.45, 7) is 0.662. The van der Waals surface area contributed by atoms with Gasteiger partial charge in [-0.25, -0.2) is 4.98 Å². The van der Waals surface area contributed by atoms with E-state index in [0.717, 1.165) is 6.42 Å². The molecule has 0 aliphatic heterocycles. The number of amides is 1. The molecule has 0 spiro atoms. The Balaban J connectivity index is 1.95. The standard InChI is InChI=1S/C13H16N4O/c1-16-10-8-15-12(16)13(18)17(2)9-5-11-3-6-14-7-4-11/h3-4,6-8,10H,5,9H2,1-2H3. The highest BCUT2D eigenvalue weighted by Gasteiger charge is 2.15. The van der Waals surface area contributed by atoms with Gasteiger partial charge < -0.3 is 9.47 Å². The Labute approximate surface area is 106 Å². The number of rotatable bonds is 4. The van der Waals surface area contributed by atoms with Crippen LogP contribution in [0.1, 0.15) is 16.2 Å². The Bertz CT molecular complexity index is 521. The fourth-order valence-corrected chi connectivity index (χ4v) is 1.69. The van der Waals surface area contributed by atoms with Crippen molar-refractivity contribution in [2.45, 2.75) is 6.42 Å². The summed E-state index contributed by atoms with van der Waals surface area (Å²) in [5, 5.41) is 0. The number of aryl methyl sites for hydroxylation is 1. The number of nitrogens with zero attached hydrogens (tertiary/aromatic N) is 4. The van der Waals surface area contributed by atoms with Gasteiger partial charge in [0.2, 0.25) is 0 Å². The minimum atomic E-state index is -0.0587. The average Bonchev–Trinajstić information content (AvgIpc) is 2.82. The molecule has 0 atom stereocenters. The van der Waals surface area contributed by atoms with Crippen molar-refractivity contribution < 1.29 is 4.79 Å². The van der Waals surface area contributed by atoms with Gasteiger partial charge in [0.1, 0.15) is 0 Å². The van der Waals surface area contributed by atoms with Crippen LogP contribution in [0.5, 0.6) is 0 Å². The summed E-state index contributed by atoms with van der Waals surface area (Å²) in [5.74, 6) is 0.406. The van der Waals surface area contributed by atoms with Gasteiger partial charge in [-0.15, -0.1) is 0 Å². The number of carbonyl (C=O) groups is 1. The van der Waals surface area contributed by atoms with Crippen molar-refractivity contribution in [2.24, 2.45) is 7.05 Å². The van der Waals surface area contributed by atoms with Gasteiger partial charge >= 0.3 is 0 Å². The molecule has 0 radical (unpaired) electrons. The van der Waals surface area contributed by atoms with Gasteiger partial charge in [0.15, 0.2) is 5.82 Å². The maximum absolute atomic E-state index is 12.1. The lowest BCUT2D eigenvalue weighted by Gasteiger charge is -2.16. The first kappa shape index (κ1) is 12.3. The van der Waals surface area contributed by atoms with E-state index in [1.807, 2.05) is 19.2 Å². The molecule has 2 heterocycles. The van der Waals surface area contributed by atoms with Crippen molar-refractivity contribution in [3.8, 4) is 0 Å². The molecule has 0 aliphatic rings. The lowest BCUT2D eigenvalue weighted by molar-refractivity contribution is 0.0781. The molecule has 0 N–H and O–H groups in total. The van der Waals surface area contributed by atoms with E-state index in [1.165, 1.54) is 5.56 Å². The minimum absolute atomic E-state index is 0.0587. The van der Waals surface area contributed by atoms with E-state index < -0.39 is 0 Å². The van der Waals surface area contributed by atoms with Gasteiger partial charge in [0.25, 0.3) is 5.91 Å². The van der Waals surface area contributed by atoms with Gasteiger partial charge in [-0.3, -0.25) is 9.78 Å². The third-order valence-corrected chi connectivity index (χ3v) is 2.84. The largest absolute Gasteiger partial charge is 0.339 e. The second-order valence-electron chi connectivity index (χ2n) is 4.19. The smallest absolute Gasteiger partial charge is 0.289 e. The molecular weight excluding hydrogens is 228 g/mol. The zero-order valence-corrected chi connectivity index (χ0v) is 10.6. The highest BCUT2D eigenvalue weighted by atomic mass is 16.2. The van der Waals surface area contributed by atoms with Gasteiger partial charge in [-0.05, 0) is 24.1 Å². The first-order chi connectivity index (χ1) is 8.68. The van der Waals surface area contributed by atoms with E-state index in [9.17, 15) is 4.79 Å². The van der Waals surface area contributed by atoms with Crippen LogP contribution in [-0.4, -0.2) is 38.9 Å². The Hall–Kier alpha value is -2.17. The summed E-state index contributed by atoms with van der Waals surface area (Å²) in [6.07, 6.45) is 7.73. The van der Waals surface area contributed by atoms with Crippen molar-refractivity contribution >= 4 is 5.91 Å². The molecule has 2 aromatic rings. The number of hydrogen-bond donors (Lipinski definition) is 0. The van der Waals surface area contributed by atoms with Crippen LogP contribution in [-0.2, 0) is 13.5 Å². The summed E-state index contributed by atoms with van der Waals surface area (Å²) in [4.78, 5) is 21.8. The second kappa shape index (κ2) is 5.44. The van der Waals surface area contributed by atoms with E-state index in [1.54, 1.807) is 41.3 Å². The lowest BCUT2D eigenvalue weighted by atomic mass is 10.2. The summed E-state index contributed by atoms with van der Waals surface area (Å²) < 4.78 is 1.73. The average molecular weight is 244 g/mol. The van der Waals surface area contributed by atoms with Crippen LogP contribution < -0.4 is 0 Å². The second-order valence-corrected chi connectivity index (χ2v) is 4.19. The molecular formula is C13H16N4O. The molecule has 2 rings (SSSR count). The van der Waals surface area contributed by atoms with E-state index in [0.29, 0.717) is 12.4 Å². The molecule has 0 aliphatic carbocycles. The van der Waals surface area contributed by atoms with Crippen LogP contribution in [0.3, 0.4) is 0 Å². The fraction of sp³-hybridized carbons (Fsp3) is 0.308. The monoisotopic (exact) mass is 244 g/mol. The van der Waals surface area contributed by atoms with Crippen molar-refractivity contribution in [3.63, 3.8) is 0 Å². The predicted octanol–water partition coefficient (Wildman–Crippen LogP) is 1.13. The van der Waals surface area contributed by atoms with Crippen molar-refractivity contribution in [1.82, 2.24) is 19.4 Å². The Morgan fingerprint density at radius 3 is 2.67 bits per heavy atom. The summed E-state index contributed by atoms with van der Waals surface area (Å²) >= 11 is 0. The predicted molar refractivity (Wildman–Crippen MR) is 68.1 cm³/mol. The zero-order chi connectivity index (χ0) is 13.0. The fourth-order valence-electron chi connectivity index (χ4n) is 1.69. The first-order valence-electron chi connectivity index (χ1n) is 5.80. The highest BCUT2D eigenvalue weighted by Crippen LogP contribution is 2.03. The molecule has 0 saturated heterocycles. The van der Waals surface area contributed by atoms with Gasteiger partial charge in [-0.2, -0.15) is 0 Å². The van der Waals surface area contributed by atoms with Crippen LogP contribution in [0.15, 0.2) is 36.9 Å². The Kier molecular flexibility index (Phi) is 3.72. The molecule has 1 amide bonds. The summed E-state index contributed by atoms with van der Waals surface area (Å²) in [7, 11) is 3.61. The maximum atomic E-state index is 12.1. The number of imidazole rings is 1. The SMILES string of the molecule is CN(CCc1ccncc1)C(=O)c1nccn1C. The van der Waals surface area contributed by atoms with Crippen LogP contribution in [0.25, 0.3) is 0 Å². The summed E-state index contributed by atoms with van der Waals surface area (Å²) in [5.41, 5.74) is 1.17. The first-order valence-corrected chi connectivity index (χ1v) is 5.80. The third-order valence-electron chi connectivity index (χ3n) is 2.84. The van der Waals surface area contributed by atoms with Crippen LogP contribution in [0.4, 0.5) is 0 Å². The molecule has 2 aromatic heterocycles. The molecule has 0 saturated carbocycles. The van der Waals surface area contributed by atoms with Crippen molar-refractivity contribution in [1.29, 1.82) is 0 Å². The number of carbonyl (C=O) groups excluding carboxylic acids is 1. The van der Waals surface area contributed by atoms with Gasteiger partial charge in [0.05, 0.1) is 0 Å². The van der Waals surface area contributed by atoms with Crippen molar-refractivity contribution in [3.05, 3.63) is 48.3 Å². The van der Waals surface area contributed by atoms with Crippen LogP contribution in [0.2, 0.25) is 0 Å². The van der Waals surface area contributed by atoms with E-state index in [2.05, 4.69) is 9.97 Å². The normalized spacial score (nSPS) is 10.3. The Morgan fingerprint density at radius 2 is 2.06 bits per heavy atom. The number of hydrogen-bond acceptors (Lipinski definition) is 3.